The molecule has 1 aliphatic rings. The molecule has 0 unspecified atom stereocenters. The summed E-state index contributed by atoms with van der Waals surface area (Å²) in [5.74, 6) is 0.670. The zero-order valence-electron chi connectivity index (χ0n) is 14.7. The molecule has 0 spiro atoms. The molecular formula is C20H25ClFNO2. The molecule has 0 atom stereocenters. The minimum atomic E-state index is -0.860. The number of methoxy groups -OCH3 is 1. The Morgan fingerprint density at radius 3 is 2.36 bits per heavy atom. The zero-order valence-corrected chi connectivity index (χ0v) is 15.5. The molecule has 3 rings (SSSR count). The number of aliphatic hydroxyl groups is 1. The van der Waals surface area contributed by atoms with E-state index >= 15 is 0 Å². The van der Waals surface area contributed by atoms with Crippen LogP contribution < -0.4 is 4.74 Å². The van der Waals surface area contributed by atoms with Crippen molar-refractivity contribution < 1.29 is 14.2 Å². The van der Waals surface area contributed by atoms with Crippen LogP contribution in [0.4, 0.5) is 4.39 Å². The van der Waals surface area contributed by atoms with E-state index in [1.165, 1.54) is 17.7 Å². The maximum absolute atomic E-state index is 13.1. The lowest BCUT2D eigenvalue weighted by molar-refractivity contribution is -0.0278. The molecule has 0 saturated carbocycles. The van der Waals surface area contributed by atoms with Crippen molar-refractivity contribution in [3.63, 3.8) is 0 Å². The highest BCUT2D eigenvalue weighted by Crippen LogP contribution is 2.34. The number of nitrogens with zero attached hydrogens (tertiary/aromatic N) is 1. The summed E-state index contributed by atoms with van der Waals surface area (Å²) >= 11 is 0. The molecular weight excluding hydrogens is 341 g/mol. The molecule has 1 heterocycles. The topological polar surface area (TPSA) is 32.7 Å². The molecule has 0 radical (unpaired) electrons. The number of benzene rings is 2. The van der Waals surface area contributed by atoms with Gasteiger partial charge in [-0.05, 0) is 43.0 Å². The maximum Gasteiger partial charge on any atom is 0.126 e. The van der Waals surface area contributed by atoms with Gasteiger partial charge in [0.25, 0.3) is 0 Å². The summed E-state index contributed by atoms with van der Waals surface area (Å²) in [6.45, 7) is 4.45. The van der Waals surface area contributed by atoms with Crippen molar-refractivity contribution in [3.8, 4) is 5.75 Å². The summed E-state index contributed by atoms with van der Waals surface area (Å²) < 4.78 is 18.6. The van der Waals surface area contributed by atoms with Crippen LogP contribution in [0.1, 0.15) is 29.5 Å². The number of para-hydroxylation sites is 1. The van der Waals surface area contributed by atoms with Crippen molar-refractivity contribution >= 4 is 12.4 Å². The number of likely N-dealkylation sites (tertiary alicyclic amines) is 1. The molecule has 0 aliphatic carbocycles. The van der Waals surface area contributed by atoms with Gasteiger partial charge < -0.3 is 9.84 Å². The van der Waals surface area contributed by atoms with E-state index in [9.17, 15) is 9.50 Å². The SMILES string of the molecule is COc1c(C)cccc1CN1CCC(O)(c2ccc(F)cc2)CC1.Cl. The Bertz CT molecular complexity index is 697. The highest BCUT2D eigenvalue weighted by Gasteiger charge is 2.34. The number of hydrogen-bond donors (Lipinski definition) is 1. The van der Waals surface area contributed by atoms with Gasteiger partial charge in [0.15, 0.2) is 0 Å². The molecule has 0 bridgehead atoms. The van der Waals surface area contributed by atoms with Gasteiger partial charge in [-0.25, -0.2) is 4.39 Å². The van der Waals surface area contributed by atoms with E-state index in [2.05, 4.69) is 11.0 Å². The van der Waals surface area contributed by atoms with Crippen molar-refractivity contribution in [3.05, 3.63) is 65.0 Å². The van der Waals surface area contributed by atoms with E-state index in [1.807, 2.05) is 19.1 Å². The average Bonchev–Trinajstić information content (AvgIpc) is 2.58. The van der Waals surface area contributed by atoms with Crippen LogP contribution >= 0.6 is 12.4 Å². The van der Waals surface area contributed by atoms with Crippen LogP contribution in [0.5, 0.6) is 5.75 Å². The van der Waals surface area contributed by atoms with Crippen molar-refractivity contribution in [1.82, 2.24) is 4.90 Å². The van der Waals surface area contributed by atoms with Crippen LogP contribution in [0, 0.1) is 12.7 Å². The van der Waals surface area contributed by atoms with Gasteiger partial charge in [0.1, 0.15) is 11.6 Å². The van der Waals surface area contributed by atoms with Crippen molar-refractivity contribution in [2.24, 2.45) is 0 Å². The van der Waals surface area contributed by atoms with E-state index in [4.69, 9.17) is 4.74 Å². The number of aryl methyl sites for hydroxylation is 1. The summed E-state index contributed by atoms with van der Waals surface area (Å²) in [6.07, 6.45) is 1.29. The third kappa shape index (κ3) is 4.32. The lowest BCUT2D eigenvalue weighted by atomic mass is 9.84. The second-order valence-corrected chi connectivity index (χ2v) is 6.58. The normalized spacial score (nSPS) is 17.0. The minimum absolute atomic E-state index is 0. The predicted octanol–water partition coefficient (Wildman–Crippen LogP) is 4.05. The van der Waals surface area contributed by atoms with Crippen molar-refractivity contribution in [2.45, 2.75) is 31.9 Å². The number of ether oxygens (including phenoxy) is 1. The predicted molar refractivity (Wildman–Crippen MR) is 99.8 cm³/mol. The second kappa shape index (κ2) is 8.17. The quantitative estimate of drug-likeness (QED) is 0.887. The molecule has 0 amide bonds. The highest BCUT2D eigenvalue weighted by molar-refractivity contribution is 5.85. The minimum Gasteiger partial charge on any atom is -0.496 e. The number of halogens is 2. The molecule has 1 aliphatic heterocycles. The number of hydrogen-bond acceptors (Lipinski definition) is 3. The molecule has 1 fully saturated rings. The third-order valence-electron chi connectivity index (χ3n) is 4.96. The second-order valence-electron chi connectivity index (χ2n) is 6.58. The molecule has 2 aromatic carbocycles. The first kappa shape index (κ1) is 19.7. The Labute approximate surface area is 154 Å². The van der Waals surface area contributed by atoms with Crippen LogP contribution in [0.25, 0.3) is 0 Å². The monoisotopic (exact) mass is 365 g/mol. The first-order valence-electron chi connectivity index (χ1n) is 8.35. The first-order valence-corrected chi connectivity index (χ1v) is 8.35. The summed E-state index contributed by atoms with van der Waals surface area (Å²) in [5.41, 5.74) is 2.25. The number of piperidine rings is 1. The van der Waals surface area contributed by atoms with Gasteiger partial charge in [-0.15, -0.1) is 12.4 Å². The highest BCUT2D eigenvalue weighted by atomic mass is 35.5. The summed E-state index contributed by atoms with van der Waals surface area (Å²) in [7, 11) is 1.70. The Balaban J connectivity index is 0.00000225. The fourth-order valence-electron chi connectivity index (χ4n) is 3.50. The van der Waals surface area contributed by atoms with Crippen LogP contribution in [0.3, 0.4) is 0 Å². The molecule has 25 heavy (non-hydrogen) atoms. The molecule has 136 valence electrons. The Morgan fingerprint density at radius 1 is 1.12 bits per heavy atom. The molecule has 5 heteroatoms. The van der Waals surface area contributed by atoms with E-state index in [-0.39, 0.29) is 18.2 Å². The van der Waals surface area contributed by atoms with Gasteiger partial charge in [0.2, 0.25) is 0 Å². The van der Waals surface area contributed by atoms with Gasteiger partial charge in [0, 0.05) is 25.2 Å². The Kier molecular flexibility index (Phi) is 6.44. The van der Waals surface area contributed by atoms with Crippen molar-refractivity contribution in [2.75, 3.05) is 20.2 Å². The molecule has 2 aromatic rings. The Hall–Kier alpha value is -1.62. The lowest BCUT2D eigenvalue weighted by Gasteiger charge is -2.38. The summed E-state index contributed by atoms with van der Waals surface area (Å²) in [5, 5.41) is 10.9. The molecule has 0 aromatic heterocycles. The fourth-order valence-corrected chi connectivity index (χ4v) is 3.50. The van der Waals surface area contributed by atoms with E-state index in [0.29, 0.717) is 12.8 Å². The van der Waals surface area contributed by atoms with Gasteiger partial charge >= 0.3 is 0 Å². The molecule has 1 N–H and O–H groups in total. The van der Waals surface area contributed by atoms with Crippen LogP contribution in [-0.4, -0.2) is 30.2 Å². The standard InChI is InChI=1S/C20H24FNO2.ClH/c1-15-4-3-5-16(19(15)24-2)14-22-12-10-20(23,11-13-22)17-6-8-18(21)9-7-17;/h3-9,23H,10-14H2,1-2H3;1H. The van der Waals surface area contributed by atoms with Crippen LogP contribution in [0.2, 0.25) is 0 Å². The lowest BCUT2D eigenvalue weighted by Crippen LogP contribution is -2.42. The van der Waals surface area contributed by atoms with Gasteiger partial charge in [-0.2, -0.15) is 0 Å². The van der Waals surface area contributed by atoms with Crippen molar-refractivity contribution in [1.29, 1.82) is 0 Å². The largest absolute Gasteiger partial charge is 0.496 e. The molecule has 3 nitrogen and oxygen atoms in total. The fraction of sp³-hybridized carbons (Fsp3) is 0.400. The smallest absolute Gasteiger partial charge is 0.126 e. The zero-order chi connectivity index (χ0) is 17.2. The maximum atomic E-state index is 13.1. The first-order chi connectivity index (χ1) is 11.5. The van der Waals surface area contributed by atoms with E-state index in [1.54, 1.807) is 19.2 Å². The van der Waals surface area contributed by atoms with E-state index in [0.717, 1.165) is 36.5 Å². The molecule has 1 saturated heterocycles. The summed E-state index contributed by atoms with van der Waals surface area (Å²) in [6, 6.07) is 12.4. The number of rotatable bonds is 4. The van der Waals surface area contributed by atoms with Crippen LogP contribution in [0.15, 0.2) is 42.5 Å². The van der Waals surface area contributed by atoms with Gasteiger partial charge in [-0.3, -0.25) is 4.90 Å². The van der Waals surface area contributed by atoms with E-state index < -0.39 is 5.60 Å². The average molecular weight is 366 g/mol. The third-order valence-corrected chi connectivity index (χ3v) is 4.96. The van der Waals surface area contributed by atoms with Gasteiger partial charge in [0.05, 0.1) is 12.7 Å². The van der Waals surface area contributed by atoms with Gasteiger partial charge in [-0.1, -0.05) is 30.3 Å². The van der Waals surface area contributed by atoms with Crippen LogP contribution in [-0.2, 0) is 12.1 Å². The Morgan fingerprint density at radius 2 is 1.76 bits per heavy atom. The summed E-state index contributed by atoms with van der Waals surface area (Å²) in [4.78, 5) is 2.33.